The van der Waals surface area contributed by atoms with Gasteiger partial charge in [0.1, 0.15) is 5.75 Å². The normalized spacial score (nSPS) is 11.7. The number of carbonyl (C=O) groups is 1. The summed E-state index contributed by atoms with van der Waals surface area (Å²) >= 11 is 0. The second-order valence-electron chi connectivity index (χ2n) is 6.72. The highest BCUT2D eigenvalue weighted by Crippen LogP contribution is 2.34. The molecule has 1 aromatic heterocycles. The van der Waals surface area contributed by atoms with Gasteiger partial charge in [0, 0.05) is 22.6 Å². The molecule has 0 fully saturated rings. The first-order valence-electron chi connectivity index (χ1n) is 7.71. The van der Waals surface area contributed by atoms with Crippen molar-refractivity contribution in [2.24, 2.45) is 5.41 Å². The van der Waals surface area contributed by atoms with Gasteiger partial charge in [-0.15, -0.1) is 0 Å². The maximum absolute atomic E-state index is 12.8. The summed E-state index contributed by atoms with van der Waals surface area (Å²) in [4.78, 5) is 12.8. The van der Waals surface area contributed by atoms with Crippen LogP contribution in [0, 0.1) is 5.41 Å². The van der Waals surface area contributed by atoms with Crippen LogP contribution in [0.5, 0.6) is 5.75 Å². The third kappa shape index (κ3) is 2.74. The fraction of sp³-hybridized carbons (Fsp3) is 0.250. The molecule has 0 aliphatic heterocycles. The van der Waals surface area contributed by atoms with E-state index < -0.39 is 5.41 Å². The summed E-state index contributed by atoms with van der Waals surface area (Å²) in [6.07, 6.45) is 1.94. The number of nitrogens with zero attached hydrogens (tertiary/aromatic N) is 1. The van der Waals surface area contributed by atoms with Gasteiger partial charge >= 0.3 is 0 Å². The first kappa shape index (κ1) is 15.3. The SMILES string of the molecule is COc1ccc2c(c1)c(-c1ccccc1)cn2C(=O)C(C)(C)C. The Morgan fingerprint density at radius 2 is 1.74 bits per heavy atom. The van der Waals surface area contributed by atoms with E-state index in [-0.39, 0.29) is 5.91 Å². The number of hydrogen-bond acceptors (Lipinski definition) is 2. The Morgan fingerprint density at radius 1 is 1.04 bits per heavy atom. The molecule has 23 heavy (non-hydrogen) atoms. The van der Waals surface area contributed by atoms with Crippen molar-refractivity contribution >= 4 is 16.8 Å². The zero-order valence-electron chi connectivity index (χ0n) is 14.0. The van der Waals surface area contributed by atoms with Crippen LogP contribution in [0.25, 0.3) is 22.0 Å². The zero-order valence-corrected chi connectivity index (χ0v) is 14.0. The summed E-state index contributed by atoms with van der Waals surface area (Å²) in [5.41, 5.74) is 2.59. The summed E-state index contributed by atoms with van der Waals surface area (Å²) in [6, 6.07) is 15.9. The zero-order chi connectivity index (χ0) is 16.6. The molecular formula is C20H21NO2. The van der Waals surface area contributed by atoms with Gasteiger partial charge in [-0.1, -0.05) is 51.1 Å². The highest BCUT2D eigenvalue weighted by molar-refractivity contribution is 6.03. The van der Waals surface area contributed by atoms with Crippen LogP contribution in [0.4, 0.5) is 0 Å². The Hall–Kier alpha value is -2.55. The van der Waals surface area contributed by atoms with Crippen LogP contribution >= 0.6 is 0 Å². The minimum absolute atomic E-state index is 0.0786. The molecule has 0 radical (unpaired) electrons. The van der Waals surface area contributed by atoms with E-state index in [1.807, 2.05) is 63.4 Å². The molecule has 0 aliphatic rings. The van der Waals surface area contributed by atoms with Gasteiger partial charge in [0.15, 0.2) is 0 Å². The number of fused-ring (bicyclic) bond motifs is 1. The Kier molecular flexibility index (Phi) is 3.72. The first-order chi connectivity index (χ1) is 10.9. The number of rotatable bonds is 2. The molecule has 1 heterocycles. The third-order valence-corrected chi connectivity index (χ3v) is 3.96. The molecule has 0 saturated heterocycles. The van der Waals surface area contributed by atoms with E-state index in [2.05, 4.69) is 12.1 Å². The van der Waals surface area contributed by atoms with E-state index in [4.69, 9.17) is 4.74 Å². The van der Waals surface area contributed by atoms with Gasteiger partial charge in [0.2, 0.25) is 5.91 Å². The summed E-state index contributed by atoms with van der Waals surface area (Å²) < 4.78 is 7.12. The molecule has 118 valence electrons. The van der Waals surface area contributed by atoms with Crippen LogP contribution in [0.3, 0.4) is 0 Å². The number of ether oxygens (including phenoxy) is 1. The molecule has 0 unspecified atom stereocenters. The molecule has 0 aliphatic carbocycles. The summed E-state index contributed by atoms with van der Waals surface area (Å²) in [6.45, 7) is 5.81. The Bertz CT molecular complexity index is 854. The van der Waals surface area contributed by atoms with Crippen LogP contribution in [0.15, 0.2) is 54.7 Å². The largest absolute Gasteiger partial charge is 0.497 e. The molecule has 3 nitrogen and oxygen atoms in total. The lowest BCUT2D eigenvalue weighted by molar-refractivity contribution is 0.0773. The van der Waals surface area contributed by atoms with Crippen molar-refractivity contribution < 1.29 is 9.53 Å². The number of aromatic nitrogens is 1. The van der Waals surface area contributed by atoms with Crippen LogP contribution in [0.2, 0.25) is 0 Å². The van der Waals surface area contributed by atoms with E-state index in [9.17, 15) is 4.79 Å². The van der Waals surface area contributed by atoms with Gasteiger partial charge in [-0.05, 0) is 23.8 Å². The molecule has 0 atom stereocenters. The predicted molar refractivity (Wildman–Crippen MR) is 94.0 cm³/mol. The third-order valence-electron chi connectivity index (χ3n) is 3.96. The topological polar surface area (TPSA) is 31.2 Å². The Labute approximate surface area is 136 Å². The van der Waals surface area contributed by atoms with E-state index in [0.29, 0.717) is 0 Å². The second-order valence-corrected chi connectivity index (χ2v) is 6.72. The van der Waals surface area contributed by atoms with Crippen molar-refractivity contribution in [2.75, 3.05) is 7.11 Å². The molecule has 3 rings (SSSR count). The minimum Gasteiger partial charge on any atom is -0.497 e. The second kappa shape index (κ2) is 5.58. The quantitative estimate of drug-likeness (QED) is 0.667. The Balaban J connectivity index is 2.29. The Morgan fingerprint density at radius 3 is 2.35 bits per heavy atom. The lowest BCUT2D eigenvalue weighted by Gasteiger charge is -2.17. The predicted octanol–water partition coefficient (Wildman–Crippen LogP) is 5.00. The highest BCUT2D eigenvalue weighted by Gasteiger charge is 2.25. The van der Waals surface area contributed by atoms with Crippen LogP contribution in [0.1, 0.15) is 25.6 Å². The van der Waals surface area contributed by atoms with Crippen LogP contribution < -0.4 is 4.74 Å². The molecule has 0 spiro atoms. The molecule has 2 aromatic carbocycles. The van der Waals surface area contributed by atoms with Crippen molar-refractivity contribution in [3.63, 3.8) is 0 Å². The van der Waals surface area contributed by atoms with Gasteiger partial charge in [-0.25, -0.2) is 0 Å². The number of benzene rings is 2. The van der Waals surface area contributed by atoms with Crippen molar-refractivity contribution in [1.29, 1.82) is 0 Å². The molecule has 3 aromatic rings. The maximum Gasteiger partial charge on any atom is 0.236 e. The average Bonchev–Trinajstić information content (AvgIpc) is 2.92. The summed E-state index contributed by atoms with van der Waals surface area (Å²) in [7, 11) is 1.65. The van der Waals surface area contributed by atoms with Crippen LogP contribution in [-0.2, 0) is 0 Å². The van der Waals surface area contributed by atoms with E-state index in [1.165, 1.54) is 0 Å². The fourth-order valence-electron chi connectivity index (χ4n) is 2.71. The first-order valence-corrected chi connectivity index (χ1v) is 7.71. The van der Waals surface area contributed by atoms with Crippen molar-refractivity contribution in [1.82, 2.24) is 4.57 Å². The smallest absolute Gasteiger partial charge is 0.236 e. The minimum atomic E-state index is -0.445. The van der Waals surface area contributed by atoms with E-state index >= 15 is 0 Å². The molecule has 0 N–H and O–H groups in total. The number of methoxy groups -OCH3 is 1. The molecule has 3 heteroatoms. The van der Waals surface area contributed by atoms with E-state index in [0.717, 1.165) is 27.8 Å². The monoisotopic (exact) mass is 307 g/mol. The standard InChI is InChI=1S/C20H21NO2/c1-20(2,3)19(22)21-13-17(14-8-6-5-7-9-14)16-12-15(23-4)10-11-18(16)21/h5-13H,1-4H3. The van der Waals surface area contributed by atoms with Gasteiger partial charge in [-0.2, -0.15) is 0 Å². The van der Waals surface area contributed by atoms with Gasteiger partial charge in [-0.3, -0.25) is 9.36 Å². The number of carbonyl (C=O) groups excluding carboxylic acids is 1. The lowest BCUT2D eigenvalue weighted by atomic mass is 9.95. The molecule has 0 bridgehead atoms. The van der Waals surface area contributed by atoms with Crippen LogP contribution in [-0.4, -0.2) is 17.6 Å². The average molecular weight is 307 g/mol. The fourth-order valence-corrected chi connectivity index (χ4v) is 2.71. The van der Waals surface area contributed by atoms with Crippen molar-refractivity contribution in [3.05, 3.63) is 54.7 Å². The maximum atomic E-state index is 12.8. The molecular weight excluding hydrogens is 286 g/mol. The molecule has 0 saturated carbocycles. The van der Waals surface area contributed by atoms with Gasteiger partial charge < -0.3 is 4.74 Å². The summed E-state index contributed by atoms with van der Waals surface area (Å²) in [5.74, 6) is 0.866. The van der Waals surface area contributed by atoms with E-state index in [1.54, 1.807) is 11.7 Å². The van der Waals surface area contributed by atoms with Crippen molar-refractivity contribution in [3.8, 4) is 16.9 Å². The highest BCUT2D eigenvalue weighted by atomic mass is 16.5. The van der Waals surface area contributed by atoms with Crippen molar-refractivity contribution in [2.45, 2.75) is 20.8 Å². The van der Waals surface area contributed by atoms with Gasteiger partial charge in [0.25, 0.3) is 0 Å². The molecule has 0 amide bonds. The van der Waals surface area contributed by atoms with Gasteiger partial charge in [0.05, 0.1) is 12.6 Å². The summed E-state index contributed by atoms with van der Waals surface area (Å²) in [5, 5.41) is 1.02. The lowest BCUT2D eigenvalue weighted by Crippen LogP contribution is -2.25. The number of hydrogen-bond donors (Lipinski definition) is 0.